The number of aromatic nitrogens is 1. The Balaban J connectivity index is 1.85. The third-order valence-corrected chi connectivity index (χ3v) is 4.69. The number of carbonyl (C=O) groups is 1. The van der Waals surface area contributed by atoms with E-state index in [4.69, 9.17) is 9.47 Å². The standard InChI is InChI=1S/C23H23FN2O4/c1-14-4-22(24)25-12-21(14)17-5-16(13-27)6-18(9-17)23(28)26-11-15-7-19(29-2)10-20(8-15)30-3/h4-10,12,27H,11,13H2,1-3H3,(H,26,28). The van der Waals surface area contributed by atoms with Gasteiger partial charge in [-0.2, -0.15) is 4.39 Å². The van der Waals surface area contributed by atoms with Crippen LogP contribution in [0.15, 0.2) is 48.7 Å². The molecule has 2 aromatic carbocycles. The molecule has 156 valence electrons. The Morgan fingerprint density at radius 2 is 1.73 bits per heavy atom. The first kappa shape index (κ1) is 21.3. The summed E-state index contributed by atoms with van der Waals surface area (Å²) in [5, 5.41) is 12.5. The van der Waals surface area contributed by atoms with Crippen molar-refractivity contribution < 1.29 is 23.8 Å². The SMILES string of the molecule is COc1cc(CNC(=O)c2cc(CO)cc(-c3cnc(F)cc3C)c2)cc(OC)c1. The van der Waals surface area contributed by atoms with Gasteiger partial charge in [0.2, 0.25) is 5.95 Å². The lowest BCUT2D eigenvalue weighted by atomic mass is 9.98. The topological polar surface area (TPSA) is 80.7 Å². The molecule has 0 aliphatic heterocycles. The van der Waals surface area contributed by atoms with Crippen LogP contribution in [0.5, 0.6) is 11.5 Å². The number of aliphatic hydroxyl groups excluding tert-OH is 1. The Bertz CT molecular complexity index is 1050. The third kappa shape index (κ3) is 4.93. The summed E-state index contributed by atoms with van der Waals surface area (Å²) in [4.78, 5) is 16.5. The van der Waals surface area contributed by atoms with Crippen molar-refractivity contribution in [3.63, 3.8) is 0 Å². The van der Waals surface area contributed by atoms with E-state index in [1.54, 1.807) is 45.4 Å². The molecule has 0 saturated carbocycles. The molecule has 0 fully saturated rings. The van der Waals surface area contributed by atoms with Crippen LogP contribution in [-0.4, -0.2) is 30.2 Å². The smallest absolute Gasteiger partial charge is 0.251 e. The van der Waals surface area contributed by atoms with Gasteiger partial charge in [-0.15, -0.1) is 0 Å². The van der Waals surface area contributed by atoms with Gasteiger partial charge in [-0.25, -0.2) is 4.98 Å². The molecule has 0 unspecified atom stereocenters. The minimum atomic E-state index is -0.568. The van der Waals surface area contributed by atoms with Crippen LogP contribution in [0.25, 0.3) is 11.1 Å². The zero-order chi connectivity index (χ0) is 21.7. The number of ether oxygens (including phenoxy) is 2. The monoisotopic (exact) mass is 410 g/mol. The van der Waals surface area contributed by atoms with Crippen LogP contribution in [-0.2, 0) is 13.2 Å². The molecular formula is C23H23FN2O4. The van der Waals surface area contributed by atoms with Crippen molar-refractivity contribution in [2.75, 3.05) is 14.2 Å². The number of aryl methyl sites for hydroxylation is 1. The number of amides is 1. The van der Waals surface area contributed by atoms with Crippen molar-refractivity contribution >= 4 is 5.91 Å². The van der Waals surface area contributed by atoms with Crippen LogP contribution in [0.3, 0.4) is 0 Å². The summed E-state index contributed by atoms with van der Waals surface area (Å²) in [7, 11) is 3.12. The van der Waals surface area contributed by atoms with Crippen molar-refractivity contribution in [3.05, 3.63) is 76.9 Å². The first-order chi connectivity index (χ1) is 14.4. The predicted molar refractivity (Wildman–Crippen MR) is 111 cm³/mol. The summed E-state index contributed by atoms with van der Waals surface area (Å²) in [6.07, 6.45) is 1.42. The van der Waals surface area contributed by atoms with Crippen molar-refractivity contribution in [1.29, 1.82) is 0 Å². The number of benzene rings is 2. The number of nitrogens with one attached hydrogen (secondary N) is 1. The molecule has 0 aliphatic rings. The molecule has 0 bridgehead atoms. The molecule has 0 saturated heterocycles. The second-order valence-corrected chi connectivity index (χ2v) is 6.80. The molecule has 0 aliphatic carbocycles. The molecule has 2 N–H and O–H groups in total. The molecule has 1 amide bonds. The van der Waals surface area contributed by atoms with E-state index in [1.165, 1.54) is 12.3 Å². The molecule has 7 heteroatoms. The van der Waals surface area contributed by atoms with Crippen LogP contribution >= 0.6 is 0 Å². The highest BCUT2D eigenvalue weighted by Gasteiger charge is 2.12. The number of aliphatic hydroxyl groups is 1. The average molecular weight is 410 g/mol. The van der Waals surface area contributed by atoms with Crippen LogP contribution in [0.2, 0.25) is 0 Å². The highest BCUT2D eigenvalue weighted by molar-refractivity contribution is 5.95. The summed E-state index contributed by atoms with van der Waals surface area (Å²) in [5.74, 6) is 0.382. The van der Waals surface area contributed by atoms with Gasteiger partial charge in [0.15, 0.2) is 0 Å². The van der Waals surface area contributed by atoms with Gasteiger partial charge < -0.3 is 19.9 Å². The summed E-state index contributed by atoms with van der Waals surface area (Å²) in [5.41, 5.74) is 3.83. The number of methoxy groups -OCH3 is 2. The second-order valence-electron chi connectivity index (χ2n) is 6.80. The fourth-order valence-electron chi connectivity index (χ4n) is 3.15. The first-order valence-electron chi connectivity index (χ1n) is 9.31. The zero-order valence-electron chi connectivity index (χ0n) is 17.0. The quantitative estimate of drug-likeness (QED) is 0.582. The predicted octanol–water partition coefficient (Wildman–Crippen LogP) is 3.64. The van der Waals surface area contributed by atoms with E-state index in [1.807, 2.05) is 12.1 Å². The van der Waals surface area contributed by atoms with Gasteiger partial charge in [0.1, 0.15) is 11.5 Å². The highest BCUT2D eigenvalue weighted by atomic mass is 19.1. The van der Waals surface area contributed by atoms with Crippen molar-refractivity contribution in [2.24, 2.45) is 0 Å². The lowest BCUT2D eigenvalue weighted by Crippen LogP contribution is -2.23. The van der Waals surface area contributed by atoms with Gasteiger partial charge >= 0.3 is 0 Å². The van der Waals surface area contributed by atoms with E-state index in [2.05, 4.69) is 10.3 Å². The third-order valence-electron chi connectivity index (χ3n) is 4.69. The van der Waals surface area contributed by atoms with E-state index in [9.17, 15) is 14.3 Å². The van der Waals surface area contributed by atoms with Crippen LogP contribution in [0.1, 0.15) is 27.0 Å². The van der Waals surface area contributed by atoms with Gasteiger partial charge in [-0.3, -0.25) is 4.79 Å². The Morgan fingerprint density at radius 1 is 1.03 bits per heavy atom. The lowest BCUT2D eigenvalue weighted by Gasteiger charge is -2.12. The van der Waals surface area contributed by atoms with Crippen molar-refractivity contribution in [2.45, 2.75) is 20.1 Å². The average Bonchev–Trinajstić information content (AvgIpc) is 2.76. The second kappa shape index (κ2) is 9.37. The maximum Gasteiger partial charge on any atom is 0.251 e. The maximum atomic E-state index is 13.4. The fraction of sp³-hybridized carbons (Fsp3) is 0.217. The van der Waals surface area contributed by atoms with E-state index in [0.29, 0.717) is 39.3 Å². The van der Waals surface area contributed by atoms with E-state index in [-0.39, 0.29) is 19.1 Å². The fourth-order valence-corrected chi connectivity index (χ4v) is 3.15. The number of carbonyl (C=O) groups excluding carboxylic acids is 1. The zero-order valence-corrected chi connectivity index (χ0v) is 17.0. The normalized spacial score (nSPS) is 10.6. The number of nitrogens with zero attached hydrogens (tertiary/aromatic N) is 1. The van der Waals surface area contributed by atoms with Crippen LogP contribution in [0, 0.1) is 12.9 Å². The number of rotatable bonds is 7. The lowest BCUT2D eigenvalue weighted by molar-refractivity contribution is 0.0950. The maximum absolute atomic E-state index is 13.4. The molecule has 6 nitrogen and oxygen atoms in total. The van der Waals surface area contributed by atoms with Gasteiger partial charge in [-0.1, -0.05) is 0 Å². The van der Waals surface area contributed by atoms with Crippen molar-refractivity contribution in [3.8, 4) is 22.6 Å². The summed E-state index contributed by atoms with van der Waals surface area (Å²) < 4.78 is 23.9. The summed E-state index contributed by atoms with van der Waals surface area (Å²) >= 11 is 0. The Morgan fingerprint density at radius 3 is 2.33 bits per heavy atom. The number of hydrogen-bond acceptors (Lipinski definition) is 5. The Kier molecular flexibility index (Phi) is 6.64. The molecule has 0 atom stereocenters. The summed E-state index contributed by atoms with van der Waals surface area (Å²) in [6.45, 7) is 1.80. The van der Waals surface area contributed by atoms with Gasteiger partial charge in [-0.05, 0) is 65.6 Å². The van der Waals surface area contributed by atoms with E-state index in [0.717, 1.165) is 5.56 Å². The minimum Gasteiger partial charge on any atom is -0.497 e. The van der Waals surface area contributed by atoms with Crippen molar-refractivity contribution in [1.82, 2.24) is 10.3 Å². The Hall–Kier alpha value is -3.45. The first-order valence-corrected chi connectivity index (χ1v) is 9.31. The van der Waals surface area contributed by atoms with Crippen LogP contribution in [0.4, 0.5) is 4.39 Å². The molecule has 30 heavy (non-hydrogen) atoms. The largest absolute Gasteiger partial charge is 0.497 e. The molecule has 1 aromatic heterocycles. The van der Waals surface area contributed by atoms with Gasteiger partial charge in [0.05, 0.1) is 20.8 Å². The number of pyridine rings is 1. The number of hydrogen-bond donors (Lipinski definition) is 2. The molecular weight excluding hydrogens is 387 g/mol. The summed E-state index contributed by atoms with van der Waals surface area (Å²) in [6, 6.07) is 11.8. The van der Waals surface area contributed by atoms with Gasteiger partial charge in [0.25, 0.3) is 5.91 Å². The number of halogens is 1. The van der Waals surface area contributed by atoms with Gasteiger partial charge in [0, 0.05) is 29.9 Å². The molecule has 3 aromatic rings. The van der Waals surface area contributed by atoms with E-state index >= 15 is 0 Å². The van der Waals surface area contributed by atoms with E-state index < -0.39 is 5.95 Å². The highest BCUT2D eigenvalue weighted by Crippen LogP contribution is 2.26. The van der Waals surface area contributed by atoms with Crippen LogP contribution < -0.4 is 14.8 Å². The Labute approximate surface area is 174 Å². The minimum absolute atomic E-state index is 0.227. The molecule has 0 radical (unpaired) electrons. The molecule has 0 spiro atoms. The molecule has 1 heterocycles. The molecule has 3 rings (SSSR count).